The molecule has 1 aliphatic rings. The maximum absolute atomic E-state index is 6.09. The molecule has 36 heavy (non-hydrogen) atoms. The number of imidazole rings is 1. The molecule has 3 aromatic carbocycles. The summed E-state index contributed by atoms with van der Waals surface area (Å²) in [6.07, 6.45) is 1.60. The lowest BCUT2D eigenvalue weighted by Gasteiger charge is -2.21. The Morgan fingerprint density at radius 1 is 0.972 bits per heavy atom. The van der Waals surface area contributed by atoms with Gasteiger partial charge in [-0.25, -0.2) is 15.0 Å². The number of anilines is 4. The van der Waals surface area contributed by atoms with Crippen LogP contribution in [0.1, 0.15) is 12.5 Å². The van der Waals surface area contributed by atoms with Gasteiger partial charge in [0.1, 0.15) is 30.3 Å². The molecule has 0 spiro atoms. The summed E-state index contributed by atoms with van der Waals surface area (Å²) in [7, 11) is 0. The van der Waals surface area contributed by atoms with E-state index in [9.17, 15) is 0 Å². The van der Waals surface area contributed by atoms with Crippen molar-refractivity contribution in [3.05, 3.63) is 84.7 Å². The first-order chi connectivity index (χ1) is 17.7. The highest BCUT2D eigenvalue weighted by atomic mass is 16.5. The molecule has 0 amide bonds. The third-order valence-electron chi connectivity index (χ3n) is 6.22. The maximum Gasteiger partial charge on any atom is 0.201 e. The SMILES string of the molecule is CCNc1nc2ccc(-c3ccc4c(c3)CN(c3cc(Nc5ccccc5)ncn3)CCO4)cc2[nH]1. The van der Waals surface area contributed by atoms with Crippen molar-refractivity contribution in [3.8, 4) is 16.9 Å². The lowest BCUT2D eigenvalue weighted by atomic mass is 10.0. The number of hydrogen-bond donors (Lipinski definition) is 3. The molecule has 0 saturated carbocycles. The number of ether oxygens (including phenoxy) is 1. The molecule has 8 nitrogen and oxygen atoms in total. The fourth-order valence-corrected chi connectivity index (χ4v) is 4.47. The Hall–Kier alpha value is -4.59. The molecule has 2 aromatic heterocycles. The first-order valence-corrected chi connectivity index (χ1v) is 12.1. The average molecular weight is 478 g/mol. The van der Waals surface area contributed by atoms with Crippen LogP contribution < -0.4 is 20.3 Å². The molecule has 0 saturated heterocycles. The Kier molecular flexibility index (Phi) is 5.83. The summed E-state index contributed by atoms with van der Waals surface area (Å²) in [6.45, 7) is 4.90. The van der Waals surface area contributed by atoms with Crippen LogP contribution in [-0.4, -0.2) is 39.6 Å². The highest BCUT2D eigenvalue weighted by Gasteiger charge is 2.18. The van der Waals surface area contributed by atoms with Crippen LogP contribution in [0, 0.1) is 0 Å². The van der Waals surface area contributed by atoms with Gasteiger partial charge in [0.2, 0.25) is 5.95 Å². The van der Waals surface area contributed by atoms with Crippen molar-refractivity contribution in [1.29, 1.82) is 0 Å². The Labute approximate surface area is 209 Å². The van der Waals surface area contributed by atoms with Crippen LogP contribution in [0.15, 0.2) is 79.1 Å². The molecule has 8 heteroatoms. The van der Waals surface area contributed by atoms with Gasteiger partial charge < -0.3 is 25.3 Å². The summed E-state index contributed by atoms with van der Waals surface area (Å²) in [6, 6.07) is 24.7. The van der Waals surface area contributed by atoms with E-state index in [4.69, 9.17) is 4.74 Å². The van der Waals surface area contributed by atoms with Gasteiger partial charge in [-0.2, -0.15) is 0 Å². The number of para-hydroxylation sites is 1. The molecular formula is C28H27N7O. The number of aromatic nitrogens is 4. The van der Waals surface area contributed by atoms with Gasteiger partial charge in [0.15, 0.2) is 0 Å². The van der Waals surface area contributed by atoms with Crippen molar-refractivity contribution in [2.75, 3.05) is 35.2 Å². The number of H-pyrrole nitrogens is 1. The third kappa shape index (κ3) is 4.53. The van der Waals surface area contributed by atoms with Gasteiger partial charge >= 0.3 is 0 Å². The van der Waals surface area contributed by atoms with Crippen molar-refractivity contribution in [3.63, 3.8) is 0 Å². The average Bonchev–Trinajstić information content (AvgIpc) is 3.18. The van der Waals surface area contributed by atoms with E-state index in [1.54, 1.807) is 6.33 Å². The highest BCUT2D eigenvalue weighted by molar-refractivity contribution is 5.83. The second kappa shape index (κ2) is 9.58. The van der Waals surface area contributed by atoms with Crippen LogP contribution in [0.2, 0.25) is 0 Å². The lowest BCUT2D eigenvalue weighted by molar-refractivity contribution is 0.331. The summed E-state index contributed by atoms with van der Waals surface area (Å²) in [4.78, 5) is 19.1. The van der Waals surface area contributed by atoms with E-state index in [2.05, 4.69) is 78.8 Å². The molecule has 0 unspecified atom stereocenters. The number of nitrogens with one attached hydrogen (secondary N) is 3. The second-order valence-corrected chi connectivity index (χ2v) is 8.69. The summed E-state index contributed by atoms with van der Waals surface area (Å²) < 4.78 is 6.09. The van der Waals surface area contributed by atoms with Gasteiger partial charge in [0, 0.05) is 30.4 Å². The van der Waals surface area contributed by atoms with Crippen molar-refractivity contribution < 1.29 is 4.74 Å². The Bertz CT molecular complexity index is 1500. The number of rotatable bonds is 6. The molecule has 3 heterocycles. The quantitative estimate of drug-likeness (QED) is 0.293. The minimum absolute atomic E-state index is 0.588. The molecular weight excluding hydrogens is 450 g/mol. The van der Waals surface area contributed by atoms with E-state index >= 15 is 0 Å². The van der Waals surface area contributed by atoms with Crippen molar-refractivity contribution >= 4 is 34.3 Å². The maximum atomic E-state index is 6.09. The van der Waals surface area contributed by atoms with E-state index in [0.717, 1.165) is 69.8 Å². The Morgan fingerprint density at radius 3 is 2.72 bits per heavy atom. The smallest absolute Gasteiger partial charge is 0.201 e. The van der Waals surface area contributed by atoms with E-state index < -0.39 is 0 Å². The summed E-state index contributed by atoms with van der Waals surface area (Å²) in [5, 5.41) is 6.59. The van der Waals surface area contributed by atoms with Crippen molar-refractivity contribution in [2.24, 2.45) is 0 Å². The zero-order valence-electron chi connectivity index (χ0n) is 20.0. The standard InChI is InChI=1S/C28H27N7O/c1-2-29-28-33-23-10-8-20(15-24(23)34-28)19-9-11-25-21(14-19)17-35(12-13-36-25)27-16-26(30-18-31-27)32-22-6-4-3-5-7-22/h3-11,14-16,18H,2,12-13,17H2,1H3,(H2,29,33,34)(H,30,31,32). The lowest BCUT2D eigenvalue weighted by Crippen LogP contribution is -2.26. The van der Waals surface area contributed by atoms with Crippen LogP contribution in [0.3, 0.4) is 0 Å². The van der Waals surface area contributed by atoms with Gasteiger partial charge in [-0.3, -0.25) is 0 Å². The molecule has 0 atom stereocenters. The highest BCUT2D eigenvalue weighted by Crippen LogP contribution is 2.32. The van der Waals surface area contributed by atoms with Gasteiger partial charge in [-0.1, -0.05) is 30.3 Å². The Balaban J connectivity index is 1.27. The number of hydrogen-bond acceptors (Lipinski definition) is 7. The zero-order chi connectivity index (χ0) is 24.3. The van der Waals surface area contributed by atoms with Crippen molar-refractivity contribution in [2.45, 2.75) is 13.5 Å². The fourth-order valence-electron chi connectivity index (χ4n) is 4.47. The summed E-state index contributed by atoms with van der Waals surface area (Å²) in [5.41, 5.74) is 6.33. The number of aromatic amines is 1. The first-order valence-electron chi connectivity index (χ1n) is 12.1. The third-order valence-corrected chi connectivity index (χ3v) is 6.22. The van der Waals surface area contributed by atoms with E-state index in [-0.39, 0.29) is 0 Å². The van der Waals surface area contributed by atoms with Gasteiger partial charge in [-0.05, 0) is 54.4 Å². The second-order valence-electron chi connectivity index (χ2n) is 8.69. The molecule has 180 valence electrons. The molecule has 3 N–H and O–H groups in total. The monoisotopic (exact) mass is 477 g/mol. The summed E-state index contributed by atoms with van der Waals surface area (Å²) >= 11 is 0. The van der Waals surface area contributed by atoms with Crippen LogP contribution in [-0.2, 0) is 6.54 Å². The fraction of sp³-hybridized carbons (Fsp3) is 0.179. The summed E-state index contributed by atoms with van der Waals surface area (Å²) in [5.74, 6) is 3.33. The topological polar surface area (TPSA) is 91.0 Å². The van der Waals surface area contributed by atoms with Crippen LogP contribution in [0.25, 0.3) is 22.2 Å². The molecule has 0 fully saturated rings. The van der Waals surface area contributed by atoms with E-state index in [1.807, 2.05) is 36.4 Å². The molecule has 5 aromatic rings. The number of fused-ring (bicyclic) bond motifs is 2. The Morgan fingerprint density at radius 2 is 1.83 bits per heavy atom. The van der Waals surface area contributed by atoms with Gasteiger partial charge in [0.05, 0.1) is 17.6 Å². The zero-order valence-corrected chi connectivity index (χ0v) is 20.0. The normalized spacial score (nSPS) is 13.1. The van der Waals surface area contributed by atoms with E-state index in [0.29, 0.717) is 13.2 Å². The minimum atomic E-state index is 0.588. The molecule has 1 aliphatic heterocycles. The van der Waals surface area contributed by atoms with Crippen LogP contribution >= 0.6 is 0 Å². The predicted molar refractivity (Wildman–Crippen MR) is 144 cm³/mol. The van der Waals surface area contributed by atoms with Crippen LogP contribution in [0.4, 0.5) is 23.3 Å². The molecule has 0 aliphatic carbocycles. The molecule has 0 radical (unpaired) electrons. The largest absolute Gasteiger partial charge is 0.491 e. The number of benzene rings is 3. The van der Waals surface area contributed by atoms with Gasteiger partial charge in [-0.15, -0.1) is 0 Å². The van der Waals surface area contributed by atoms with Crippen molar-refractivity contribution in [1.82, 2.24) is 19.9 Å². The van der Waals surface area contributed by atoms with Gasteiger partial charge in [0.25, 0.3) is 0 Å². The molecule has 6 rings (SSSR count). The first kappa shape index (κ1) is 21.9. The van der Waals surface area contributed by atoms with E-state index in [1.165, 1.54) is 0 Å². The predicted octanol–water partition coefficient (Wildman–Crippen LogP) is 5.59. The molecule has 0 bridgehead atoms. The number of nitrogens with zero attached hydrogens (tertiary/aromatic N) is 4. The minimum Gasteiger partial charge on any atom is -0.491 e. The van der Waals surface area contributed by atoms with Crippen LogP contribution in [0.5, 0.6) is 5.75 Å².